The minimum Gasteiger partial charge on any atom is -0.493 e. The van der Waals surface area contributed by atoms with Gasteiger partial charge < -0.3 is 14.6 Å². The molecule has 2 heterocycles. The number of fused-ring (bicyclic) bond motifs is 3. The van der Waals surface area contributed by atoms with Crippen LogP contribution in [0.3, 0.4) is 0 Å². The maximum atomic E-state index is 11.2. The van der Waals surface area contributed by atoms with Crippen molar-refractivity contribution in [1.82, 2.24) is 4.90 Å². The first-order valence-electron chi connectivity index (χ1n) is 15.6. The molecule has 0 spiro atoms. The van der Waals surface area contributed by atoms with Crippen molar-refractivity contribution in [3.8, 4) is 11.5 Å². The standard InChI is InChI=1S/C20H31NO3/c1-20(2,3)11-14-12-21-7-6-13-8-18(23-4)19(24-5)9-15(13)16(21)10-17(14)22/h8-9,14,16-17,22H,6-7,10-12H2,1-5H3/i1D3,2D3,5D3,8D,9D,11D2,12D2,16D. The summed E-state index contributed by atoms with van der Waals surface area (Å²) in [5, 5.41) is 11.2. The Bertz CT molecular complexity index is 1150. The Labute approximate surface area is 168 Å². The Hall–Kier alpha value is -1.26. The van der Waals surface area contributed by atoms with Crippen LogP contribution in [0, 0.1) is 11.3 Å². The molecule has 0 aromatic heterocycles. The van der Waals surface area contributed by atoms with Crippen LogP contribution in [-0.4, -0.2) is 43.3 Å². The number of rotatable bonds is 3. The van der Waals surface area contributed by atoms with Crippen LogP contribution in [0.5, 0.6) is 11.5 Å². The fourth-order valence-electron chi connectivity index (χ4n) is 3.01. The molecule has 3 unspecified atom stereocenters. The van der Waals surface area contributed by atoms with Crippen molar-refractivity contribution in [2.24, 2.45) is 11.3 Å². The lowest BCUT2D eigenvalue weighted by Gasteiger charge is -2.47. The summed E-state index contributed by atoms with van der Waals surface area (Å²) in [5.74, 6) is -3.38. The fourth-order valence-corrected chi connectivity index (χ4v) is 3.01. The average molecular weight is 350 g/mol. The van der Waals surface area contributed by atoms with Gasteiger partial charge in [-0.05, 0) is 53.8 Å². The van der Waals surface area contributed by atoms with E-state index in [0.717, 1.165) is 12.0 Å². The maximum absolute atomic E-state index is 11.2. The minimum absolute atomic E-state index is 0.0327. The van der Waals surface area contributed by atoms with Crippen molar-refractivity contribution in [2.75, 3.05) is 27.2 Å². The van der Waals surface area contributed by atoms with E-state index in [-0.39, 0.29) is 24.1 Å². The van der Waals surface area contributed by atoms with E-state index >= 15 is 0 Å². The molecule has 3 rings (SSSR count). The van der Waals surface area contributed by atoms with Crippen molar-refractivity contribution in [1.29, 1.82) is 0 Å². The largest absolute Gasteiger partial charge is 0.493 e. The van der Waals surface area contributed by atoms with Crippen LogP contribution in [0.25, 0.3) is 0 Å². The molecular weight excluding hydrogens is 302 g/mol. The van der Waals surface area contributed by atoms with Gasteiger partial charge in [0.15, 0.2) is 11.5 Å². The highest BCUT2D eigenvalue weighted by Gasteiger charge is 2.39. The summed E-state index contributed by atoms with van der Waals surface area (Å²) in [6.45, 7) is -9.70. The van der Waals surface area contributed by atoms with E-state index in [0.29, 0.717) is 6.92 Å². The minimum atomic E-state index is -3.46. The molecule has 2 aliphatic rings. The van der Waals surface area contributed by atoms with Crippen molar-refractivity contribution in [2.45, 2.75) is 52.0 Å². The molecular formula is C20H31NO3. The van der Waals surface area contributed by atoms with Crippen LogP contribution in [-0.2, 0) is 6.42 Å². The first-order valence-corrected chi connectivity index (χ1v) is 7.57. The van der Waals surface area contributed by atoms with Gasteiger partial charge in [0, 0.05) is 32.8 Å². The topological polar surface area (TPSA) is 41.9 Å². The monoisotopic (exact) mass is 349 g/mol. The van der Waals surface area contributed by atoms with Gasteiger partial charge in [0.1, 0.15) is 0 Å². The summed E-state index contributed by atoms with van der Waals surface area (Å²) in [6.07, 6.45) is -6.55. The van der Waals surface area contributed by atoms with Crippen LogP contribution in [0.15, 0.2) is 12.1 Å². The number of methoxy groups -OCH3 is 2. The number of piperidine rings is 1. The highest BCUT2D eigenvalue weighted by molar-refractivity contribution is 5.49. The van der Waals surface area contributed by atoms with Gasteiger partial charge >= 0.3 is 0 Å². The zero-order valence-electron chi connectivity index (χ0n) is 29.5. The summed E-state index contributed by atoms with van der Waals surface area (Å²) < 4.78 is 141. The van der Waals surface area contributed by atoms with E-state index in [1.165, 1.54) is 0 Å². The molecule has 0 radical (unpaired) electrons. The molecule has 3 atom stereocenters. The summed E-state index contributed by atoms with van der Waals surface area (Å²) in [6, 6.07) is -3.51. The molecule has 1 saturated heterocycles. The Morgan fingerprint density at radius 3 is 3.00 bits per heavy atom. The number of ether oxygens (including phenoxy) is 2. The predicted octanol–water partition coefficient (Wildman–Crippen LogP) is 3.42. The molecule has 2 aliphatic heterocycles. The van der Waals surface area contributed by atoms with Gasteiger partial charge in [-0.25, -0.2) is 0 Å². The predicted molar refractivity (Wildman–Crippen MR) is 95.7 cm³/mol. The van der Waals surface area contributed by atoms with Gasteiger partial charge in [0.25, 0.3) is 0 Å². The van der Waals surface area contributed by atoms with E-state index < -0.39 is 87.1 Å². The smallest absolute Gasteiger partial charge is 0.161 e. The van der Waals surface area contributed by atoms with E-state index in [4.69, 9.17) is 30.0 Å². The quantitative estimate of drug-likeness (QED) is 0.908. The summed E-state index contributed by atoms with van der Waals surface area (Å²) in [5.41, 5.74) is -3.48. The number of aliphatic hydroxyl groups is 1. The molecule has 1 aromatic carbocycles. The molecule has 4 heteroatoms. The lowest BCUT2D eigenvalue weighted by molar-refractivity contribution is -0.0259. The molecule has 0 saturated carbocycles. The van der Waals surface area contributed by atoms with Crippen LogP contribution < -0.4 is 9.47 Å². The van der Waals surface area contributed by atoms with Crippen molar-refractivity contribution < 1.29 is 36.5 Å². The molecule has 1 N–H and O–H groups in total. The molecule has 24 heavy (non-hydrogen) atoms. The van der Waals surface area contributed by atoms with E-state index in [9.17, 15) is 6.48 Å². The van der Waals surface area contributed by atoms with Crippen LogP contribution >= 0.6 is 0 Å². The van der Waals surface area contributed by atoms with Crippen molar-refractivity contribution in [3.63, 3.8) is 0 Å². The zero-order valence-corrected chi connectivity index (χ0v) is 13.5. The average Bonchev–Trinajstić information content (AvgIpc) is 2.72. The SMILES string of the molecule is [2H]c1c2c(c([2H])c(OC([2H])([2H])[2H])c1OC)C1([2H])CC(O)C(C([2H])([2H])C(C)(C([2H])([2H])[2H])C([2H])([2H])[2H])C([2H])([2H])N1CC2. The summed E-state index contributed by atoms with van der Waals surface area (Å²) in [7, 11) is -1.97. The molecule has 1 aromatic rings. The van der Waals surface area contributed by atoms with Crippen LogP contribution in [0.2, 0.25) is 0 Å². The zero-order chi connectivity index (χ0) is 31.2. The number of aliphatic hydroxyl groups excluding tert-OH is 1. The first kappa shape index (κ1) is 6.48. The third-order valence-electron chi connectivity index (χ3n) is 4.04. The lowest BCUT2D eigenvalue weighted by atomic mass is 9.75. The van der Waals surface area contributed by atoms with Gasteiger partial charge in [0.2, 0.25) is 0 Å². The third kappa shape index (κ3) is 3.40. The maximum Gasteiger partial charge on any atom is 0.161 e. The second-order valence-corrected chi connectivity index (χ2v) is 6.06. The lowest BCUT2D eigenvalue weighted by Crippen LogP contribution is -2.48. The summed E-state index contributed by atoms with van der Waals surface area (Å²) >= 11 is 0. The Balaban J connectivity index is 2.28. The Morgan fingerprint density at radius 2 is 2.29 bits per heavy atom. The second-order valence-electron chi connectivity index (χ2n) is 6.06. The van der Waals surface area contributed by atoms with E-state index in [2.05, 4.69) is 0 Å². The number of hydrogen-bond acceptors (Lipinski definition) is 4. The van der Waals surface area contributed by atoms with Gasteiger partial charge in [-0.15, -0.1) is 0 Å². The number of nitrogens with zero attached hydrogens (tertiary/aromatic N) is 1. The normalized spacial score (nSPS) is 44.5. The highest BCUT2D eigenvalue weighted by Crippen LogP contribution is 2.44. The van der Waals surface area contributed by atoms with Gasteiger partial charge in [-0.3, -0.25) is 4.90 Å². The highest BCUT2D eigenvalue weighted by atomic mass is 16.5. The van der Waals surface area contributed by atoms with E-state index in [1.807, 2.05) is 0 Å². The summed E-state index contributed by atoms with van der Waals surface area (Å²) in [4.78, 5) is 0.792. The van der Waals surface area contributed by atoms with Crippen LogP contribution in [0.1, 0.15) is 72.5 Å². The molecule has 1 fully saturated rings. The number of hydrogen-bond donors (Lipinski definition) is 1. The van der Waals surface area contributed by atoms with Gasteiger partial charge in [0.05, 0.1) is 28.5 Å². The van der Waals surface area contributed by atoms with E-state index in [1.54, 1.807) is 0 Å². The molecule has 0 aliphatic carbocycles. The third-order valence-corrected chi connectivity index (χ3v) is 4.04. The van der Waals surface area contributed by atoms with Gasteiger partial charge in [-0.1, -0.05) is 20.6 Å². The van der Waals surface area contributed by atoms with Crippen molar-refractivity contribution >= 4 is 0 Å². The molecule has 4 nitrogen and oxygen atoms in total. The molecule has 0 amide bonds. The van der Waals surface area contributed by atoms with Gasteiger partial charge in [-0.2, -0.15) is 0 Å². The fraction of sp³-hybridized carbons (Fsp3) is 0.700. The Morgan fingerprint density at radius 1 is 1.50 bits per heavy atom. The van der Waals surface area contributed by atoms with Crippen LogP contribution in [0.4, 0.5) is 0 Å². The number of benzene rings is 1. The molecule has 0 bridgehead atoms. The Kier molecular flexibility index (Phi) is 1.77. The molecule has 134 valence electrons. The second kappa shape index (κ2) is 6.57. The first-order chi connectivity index (χ1) is 17.7. The van der Waals surface area contributed by atoms with Crippen molar-refractivity contribution in [3.05, 3.63) is 23.2 Å².